The molecule has 1 aliphatic rings. The number of hydrogen-bond donors (Lipinski definition) is 0. The Labute approximate surface area is 106 Å². The summed E-state index contributed by atoms with van der Waals surface area (Å²) in [5, 5.41) is 0. The highest BCUT2D eigenvalue weighted by molar-refractivity contribution is 5.34. The first kappa shape index (κ1) is 13.4. The lowest BCUT2D eigenvalue weighted by Crippen LogP contribution is -2.11. The number of alkyl halides is 3. The highest BCUT2D eigenvalue weighted by Crippen LogP contribution is 2.44. The number of aryl methyl sites for hydroxylation is 1. The second-order valence-electron chi connectivity index (χ2n) is 5.65. The molecule has 1 aromatic rings. The lowest BCUT2D eigenvalue weighted by Gasteiger charge is -2.20. The van der Waals surface area contributed by atoms with Crippen LogP contribution < -0.4 is 0 Å². The van der Waals surface area contributed by atoms with Crippen molar-refractivity contribution in [1.82, 2.24) is 0 Å². The maximum atomic E-state index is 12.8. The molecule has 1 fully saturated rings. The van der Waals surface area contributed by atoms with E-state index in [1.807, 2.05) is 6.07 Å². The normalized spacial score (nSPS) is 28.7. The number of rotatable bonds is 1. The summed E-state index contributed by atoms with van der Waals surface area (Å²) >= 11 is 0. The summed E-state index contributed by atoms with van der Waals surface area (Å²) in [7, 11) is 0. The average molecular weight is 256 g/mol. The van der Waals surface area contributed by atoms with Crippen LogP contribution in [-0.4, -0.2) is 0 Å². The van der Waals surface area contributed by atoms with E-state index in [9.17, 15) is 13.2 Å². The van der Waals surface area contributed by atoms with Crippen LogP contribution in [-0.2, 0) is 6.18 Å². The first-order valence-corrected chi connectivity index (χ1v) is 6.48. The maximum Gasteiger partial charge on any atom is 0.416 e. The van der Waals surface area contributed by atoms with Gasteiger partial charge in [0.15, 0.2) is 0 Å². The van der Waals surface area contributed by atoms with E-state index in [0.29, 0.717) is 17.4 Å². The second-order valence-corrected chi connectivity index (χ2v) is 5.65. The minimum absolute atomic E-state index is 0.279. The van der Waals surface area contributed by atoms with E-state index in [1.165, 1.54) is 12.1 Å². The summed E-state index contributed by atoms with van der Waals surface area (Å²) in [5.41, 5.74) is 1.05. The molecular weight excluding hydrogens is 237 g/mol. The van der Waals surface area contributed by atoms with Crippen molar-refractivity contribution < 1.29 is 13.2 Å². The smallest absolute Gasteiger partial charge is 0.166 e. The van der Waals surface area contributed by atoms with Crippen LogP contribution in [0.1, 0.15) is 49.3 Å². The van der Waals surface area contributed by atoms with E-state index in [4.69, 9.17) is 0 Å². The first-order chi connectivity index (χ1) is 8.29. The molecule has 0 nitrogen and oxygen atoms in total. The van der Waals surface area contributed by atoms with Gasteiger partial charge in [0.05, 0.1) is 5.56 Å². The minimum atomic E-state index is -4.24. The summed E-state index contributed by atoms with van der Waals surface area (Å²) in [6, 6.07) is 4.48. The molecule has 0 N–H and O–H groups in total. The SMILES string of the molecule is Cc1cc(C2CCC(C)C2C)cc(C(F)(F)F)c1. The van der Waals surface area contributed by atoms with Gasteiger partial charge in [-0.25, -0.2) is 0 Å². The van der Waals surface area contributed by atoms with Crippen LogP contribution in [0, 0.1) is 18.8 Å². The van der Waals surface area contributed by atoms with Gasteiger partial charge < -0.3 is 0 Å². The Hall–Kier alpha value is -0.990. The molecule has 3 atom stereocenters. The molecule has 3 heteroatoms. The Morgan fingerprint density at radius 2 is 1.72 bits per heavy atom. The average Bonchev–Trinajstić information content (AvgIpc) is 2.58. The molecule has 2 rings (SSSR count). The lowest BCUT2D eigenvalue weighted by atomic mass is 9.85. The van der Waals surface area contributed by atoms with Crippen molar-refractivity contribution in [2.24, 2.45) is 11.8 Å². The highest BCUT2D eigenvalue weighted by atomic mass is 19.4. The fourth-order valence-electron chi connectivity index (χ4n) is 3.03. The zero-order chi connectivity index (χ0) is 13.5. The molecule has 18 heavy (non-hydrogen) atoms. The highest BCUT2D eigenvalue weighted by Gasteiger charge is 2.34. The van der Waals surface area contributed by atoms with Crippen molar-refractivity contribution in [2.75, 3.05) is 0 Å². The summed E-state index contributed by atoms with van der Waals surface area (Å²) in [5.74, 6) is 1.35. The van der Waals surface area contributed by atoms with E-state index in [2.05, 4.69) is 13.8 Å². The Bertz CT molecular complexity index is 434. The summed E-state index contributed by atoms with van der Waals surface area (Å²) < 4.78 is 38.4. The zero-order valence-electron chi connectivity index (χ0n) is 11.0. The second kappa shape index (κ2) is 4.60. The first-order valence-electron chi connectivity index (χ1n) is 6.48. The molecule has 1 aromatic carbocycles. The monoisotopic (exact) mass is 256 g/mol. The Kier molecular flexibility index (Phi) is 3.43. The largest absolute Gasteiger partial charge is 0.416 e. The van der Waals surface area contributed by atoms with Gasteiger partial charge in [0.25, 0.3) is 0 Å². The maximum absolute atomic E-state index is 12.8. The molecule has 1 aliphatic carbocycles. The molecule has 0 spiro atoms. The molecule has 0 heterocycles. The van der Waals surface area contributed by atoms with Crippen molar-refractivity contribution in [2.45, 2.75) is 45.7 Å². The molecule has 0 bridgehead atoms. The molecule has 0 saturated heterocycles. The molecule has 0 amide bonds. The van der Waals surface area contributed by atoms with Crippen molar-refractivity contribution in [3.63, 3.8) is 0 Å². The Balaban J connectivity index is 2.37. The van der Waals surface area contributed by atoms with Crippen LogP contribution in [0.2, 0.25) is 0 Å². The minimum Gasteiger partial charge on any atom is -0.166 e. The summed E-state index contributed by atoms with van der Waals surface area (Å²) in [6.07, 6.45) is -2.13. The molecule has 0 aromatic heterocycles. The van der Waals surface area contributed by atoms with E-state index >= 15 is 0 Å². The van der Waals surface area contributed by atoms with Crippen LogP contribution in [0.3, 0.4) is 0 Å². The lowest BCUT2D eigenvalue weighted by molar-refractivity contribution is -0.137. The van der Waals surface area contributed by atoms with Crippen molar-refractivity contribution in [3.05, 3.63) is 34.9 Å². The van der Waals surface area contributed by atoms with Gasteiger partial charge >= 0.3 is 6.18 Å². The fourth-order valence-corrected chi connectivity index (χ4v) is 3.03. The number of halogens is 3. The van der Waals surface area contributed by atoms with E-state index in [0.717, 1.165) is 18.4 Å². The number of hydrogen-bond acceptors (Lipinski definition) is 0. The van der Waals surface area contributed by atoms with E-state index in [-0.39, 0.29) is 5.92 Å². The summed E-state index contributed by atoms with van der Waals surface area (Å²) in [4.78, 5) is 0. The predicted molar refractivity (Wildman–Crippen MR) is 66.5 cm³/mol. The zero-order valence-corrected chi connectivity index (χ0v) is 11.0. The van der Waals surface area contributed by atoms with Gasteiger partial charge in [-0.05, 0) is 55.2 Å². The number of benzene rings is 1. The van der Waals surface area contributed by atoms with Crippen LogP contribution in [0.4, 0.5) is 13.2 Å². The Morgan fingerprint density at radius 1 is 1.06 bits per heavy atom. The van der Waals surface area contributed by atoms with Crippen molar-refractivity contribution in [3.8, 4) is 0 Å². The molecule has 0 radical (unpaired) electrons. The van der Waals surface area contributed by atoms with Gasteiger partial charge in [0.1, 0.15) is 0 Å². The van der Waals surface area contributed by atoms with Crippen molar-refractivity contribution >= 4 is 0 Å². The van der Waals surface area contributed by atoms with Crippen LogP contribution in [0.15, 0.2) is 18.2 Å². The van der Waals surface area contributed by atoms with E-state index < -0.39 is 11.7 Å². The third-order valence-electron chi connectivity index (χ3n) is 4.32. The van der Waals surface area contributed by atoms with Gasteiger partial charge in [0.2, 0.25) is 0 Å². The Morgan fingerprint density at radius 3 is 2.22 bits per heavy atom. The van der Waals surface area contributed by atoms with Gasteiger partial charge in [-0.15, -0.1) is 0 Å². The predicted octanol–water partition coefficient (Wildman–Crippen LogP) is 5.16. The molecule has 100 valence electrons. The molecule has 1 saturated carbocycles. The quantitative estimate of drug-likeness (QED) is 0.650. The van der Waals surface area contributed by atoms with Crippen LogP contribution in [0.25, 0.3) is 0 Å². The van der Waals surface area contributed by atoms with E-state index in [1.54, 1.807) is 6.92 Å². The molecular formula is C15H19F3. The van der Waals surface area contributed by atoms with Gasteiger partial charge in [-0.1, -0.05) is 25.5 Å². The topological polar surface area (TPSA) is 0 Å². The third-order valence-corrected chi connectivity index (χ3v) is 4.32. The van der Waals surface area contributed by atoms with Crippen molar-refractivity contribution in [1.29, 1.82) is 0 Å². The molecule has 0 aliphatic heterocycles. The van der Waals surface area contributed by atoms with Crippen LogP contribution in [0.5, 0.6) is 0 Å². The standard InChI is InChI=1S/C15H19F3/c1-9-6-12(8-13(7-9)15(16,17)18)14-5-4-10(2)11(14)3/h6-8,10-11,14H,4-5H2,1-3H3. The van der Waals surface area contributed by atoms with Gasteiger partial charge in [-0.3, -0.25) is 0 Å². The van der Waals surface area contributed by atoms with Gasteiger partial charge in [-0.2, -0.15) is 13.2 Å². The fraction of sp³-hybridized carbons (Fsp3) is 0.600. The molecule has 3 unspecified atom stereocenters. The summed E-state index contributed by atoms with van der Waals surface area (Å²) in [6.45, 7) is 6.07. The third kappa shape index (κ3) is 2.55. The van der Waals surface area contributed by atoms with Gasteiger partial charge in [0, 0.05) is 0 Å². The van der Waals surface area contributed by atoms with Crippen LogP contribution >= 0.6 is 0 Å².